The van der Waals surface area contributed by atoms with Crippen LogP contribution < -0.4 is 5.32 Å². The summed E-state index contributed by atoms with van der Waals surface area (Å²) in [5, 5.41) is 15.9. The molecule has 0 aliphatic heterocycles. The molecule has 7 heteroatoms. The number of hydrogen-bond acceptors (Lipinski definition) is 6. The van der Waals surface area contributed by atoms with Crippen LogP contribution in [0.4, 0.5) is 5.13 Å². The third-order valence-corrected chi connectivity index (χ3v) is 3.30. The van der Waals surface area contributed by atoms with Crippen molar-refractivity contribution in [2.24, 2.45) is 0 Å². The van der Waals surface area contributed by atoms with E-state index in [0.29, 0.717) is 11.7 Å². The monoisotopic (exact) mass is 255 g/mol. The van der Waals surface area contributed by atoms with Crippen LogP contribution in [0.3, 0.4) is 0 Å². The Balaban J connectivity index is 1.83. The van der Waals surface area contributed by atoms with Crippen molar-refractivity contribution in [3.05, 3.63) is 27.7 Å². The van der Waals surface area contributed by atoms with Gasteiger partial charge in [-0.2, -0.15) is 0 Å². The summed E-state index contributed by atoms with van der Waals surface area (Å²) < 4.78 is 0. The minimum atomic E-state index is -0.996. The van der Waals surface area contributed by atoms with Gasteiger partial charge in [0, 0.05) is 23.7 Å². The molecule has 0 saturated carbocycles. The highest BCUT2D eigenvalue weighted by Gasteiger charge is 2.07. The van der Waals surface area contributed by atoms with Crippen molar-refractivity contribution >= 4 is 33.8 Å². The molecule has 16 heavy (non-hydrogen) atoms. The fraction of sp³-hybridized carbons (Fsp3) is 0.222. The minimum Gasteiger partial charge on any atom is -0.476 e. The number of aromatic nitrogens is 2. The Morgan fingerprint density at radius 3 is 3.00 bits per heavy atom. The summed E-state index contributed by atoms with van der Waals surface area (Å²) in [4.78, 5) is 18.6. The molecule has 0 saturated heterocycles. The van der Waals surface area contributed by atoms with Crippen LogP contribution in [0.1, 0.15) is 16.2 Å². The lowest BCUT2D eigenvalue weighted by molar-refractivity contribution is 0.0691. The standard InChI is InChI=1S/C9H9N3O2S2/c13-8(14)7-4-16-9(12-7)10-2-1-6-3-15-5-11-6/h3-5H,1-2H2,(H,10,12)(H,13,14). The van der Waals surface area contributed by atoms with E-state index in [-0.39, 0.29) is 5.69 Å². The normalized spacial score (nSPS) is 10.2. The lowest BCUT2D eigenvalue weighted by Crippen LogP contribution is -2.05. The first kappa shape index (κ1) is 11.0. The van der Waals surface area contributed by atoms with Crippen LogP contribution in [-0.4, -0.2) is 27.6 Å². The van der Waals surface area contributed by atoms with Gasteiger partial charge in [-0.05, 0) is 0 Å². The van der Waals surface area contributed by atoms with E-state index in [9.17, 15) is 4.79 Å². The summed E-state index contributed by atoms with van der Waals surface area (Å²) in [5.41, 5.74) is 2.91. The van der Waals surface area contributed by atoms with Crippen molar-refractivity contribution in [3.63, 3.8) is 0 Å². The van der Waals surface area contributed by atoms with E-state index in [0.717, 1.165) is 12.1 Å². The lowest BCUT2D eigenvalue weighted by Gasteiger charge is -1.99. The molecule has 0 aliphatic rings. The zero-order chi connectivity index (χ0) is 11.4. The molecule has 0 radical (unpaired) electrons. The molecular formula is C9H9N3O2S2. The second-order valence-electron chi connectivity index (χ2n) is 3.00. The molecule has 2 heterocycles. The Labute approximate surface area is 99.8 Å². The SMILES string of the molecule is O=C(O)c1csc(NCCc2cscn2)n1. The molecule has 0 amide bonds. The van der Waals surface area contributed by atoms with Gasteiger partial charge in [0.15, 0.2) is 10.8 Å². The molecule has 2 aromatic heterocycles. The third-order valence-electron chi connectivity index (χ3n) is 1.86. The van der Waals surface area contributed by atoms with Gasteiger partial charge in [-0.15, -0.1) is 22.7 Å². The van der Waals surface area contributed by atoms with E-state index in [2.05, 4.69) is 15.3 Å². The van der Waals surface area contributed by atoms with Crippen LogP contribution in [0.25, 0.3) is 0 Å². The number of aromatic carboxylic acids is 1. The molecule has 2 N–H and O–H groups in total. The van der Waals surface area contributed by atoms with Gasteiger partial charge < -0.3 is 10.4 Å². The molecule has 2 aromatic rings. The van der Waals surface area contributed by atoms with E-state index >= 15 is 0 Å². The van der Waals surface area contributed by atoms with Crippen LogP contribution >= 0.6 is 22.7 Å². The number of carboxylic acids is 1. The predicted molar refractivity (Wildman–Crippen MR) is 63.4 cm³/mol. The summed E-state index contributed by atoms with van der Waals surface area (Å²) in [6, 6.07) is 0. The molecule has 5 nitrogen and oxygen atoms in total. The number of thiazole rings is 2. The van der Waals surface area contributed by atoms with Gasteiger partial charge in [0.05, 0.1) is 11.2 Å². The van der Waals surface area contributed by atoms with Gasteiger partial charge in [0.2, 0.25) is 0 Å². The highest BCUT2D eigenvalue weighted by atomic mass is 32.1. The number of nitrogens with one attached hydrogen (secondary N) is 1. The molecule has 0 spiro atoms. The lowest BCUT2D eigenvalue weighted by atomic mass is 10.3. The van der Waals surface area contributed by atoms with E-state index in [4.69, 9.17) is 5.11 Å². The number of carbonyl (C=O) groups is 1. The van der Waals surface area contributed by atoms with Crippen molar-refractivity contribution in [2.45, 2.75) is 6.42 Å². The van der Waals surface area contributed by atoms with Gasteiger partial charge in [-0.1, -0.05) is 0 Å². The molecule has 0 fully saturated rings. The summed E-state index contributed by atoms with van der Waals surface area (Å²) in [7, 11) is 0. The van der Waals surface area contributed by atoms with Gasteiger partial charge in [0.25, 0.3) is 0 Å². The van der Waals surface area contributed by atoms with Crippen molar-refractivity contribution < 1.29 is 9.90 Å². The second kappa shape index (κ2) is 5.04. The first-order chi connectivity index (χ1) is 7.75. The first-order valence-corrected chi connectivity index (χ1v) is 6.37. The Kier molecular flexibility index (Phi) is 3.47. The van der Waals surface area contributed by atoms with Gasteiger partial charge in [-0.25, -0.2) is 14.8 Å². The Morgan fingerprint density at radius 2 is 2.38 bits per heavy atom. The van der Waals surface area contributed by atoms with E-state index in [1.165, 1.54) is 16.7 Å². The molecule has 0 bridgehead atoms. The van der Waals surface area contributed by atoms with Crippen molar-refractivity contribution in [3.8, 4) is 0 Å². The zero-order valence-electron chi connectivity index (χ0n) is 8.21. The molecule has 0 aromatic carbocycles. The molecule has 0 atom stereocenters. The van der Waals surface area contributed by atoms with E-state index in [1.54, 1.807) is 16.8 Å². The average Bonchev–Trinajstić information content (AvgIpc) is 2.87. The topological polar surface area (TPSA) is 75.1 Å². The van der Waals surface area contributed by atoms with Gasteiger partial charge >= 0.3 is 5.97 Å². The molecule has 84 valence electrons. The Bertz CT molecular complexity index is 467. The van der Waals surface area contributed by atoms with Crippen LogP contribution in [0.5, 0.6) is 0 Å². The largest absolute Gasteiger partial charge is 0.476 e. The highest BCUT2D eigenvalue weighted by molar-refractivity contribution is 7.13. The van der Waals surface area contributed by atoms with Gasteiger partial charge in [-0.3, -0.25) is 0 Å². The van der Waals surface area contributed by atoms with E-state index < -0.39 is 5.97 Å². The number of carboxylic acid groups (broad SMARTS) is 1. The number of nitrogens with zero attached hydrogens (tertiary/aromatic N) is 2. The fourth-order valence-electron chi connectivity index (χ4n) is 1.11. The zero-order valence-corrected chi connectivity index (χ0v) is 9.85. The van der Waals surface area contributed by atoms with Crippen LogP contribution in [0, 0.1) is 0 Å². The van der Waals surface area contributed by atoms with Crippen LogP contribution in [0.15, 0.2) is 16.3 Å². The quantitative estimate of drug-likeness (QED) is 0.854. The average molecular weight is 255 g/mol. The van der Waals surface area contributed by atoms with Crippen molar-refractivity contribution in [2.75, 3.05) is 11.9 Å². The van der Waals surface area contributed by atoms with Crippen molar-refractivity contribution in [1.82, 2.24) is 9.97 Å². The number of hydrogen-bond donors (Lipinski definition) is 2. The van der Waals surface area contributed by atoms with Crippen LogP contribution in [-0.2, 0) is 6.42 Å². The summed E-state index contributed by atoms with van der Waals surface area (Å²) in [5.74, 6) is -0.996. The predicted octanol–water partition coefficient (Wildman–Crippen LogP) is 1.95. The maximum Gasteiger partial charge on any atom is 0.355 e. The van der Waals surface area contributed by atoms with Crippen molar-refractivity contribution in [1.29, 1.82) is 0 Å². The van der Waals surface area contributed by atoms with E-state index in [1.807, 2.05) is 5.38 Å². The second-order valence-corrected chi connectivity index (χ2v) is 4.58. The Hall–Kier alpha value is -1.47. The smallest absolute Gasteiger partial charge is 0.355 e. The summed E-state index contributed by atoms with van der Waals surface area (Å²) in [6.07, 6.45) is 0.811. The third kappa shape index (κ3) is 2.77. The fourth-order valence-corrected chi connectivity index (χ4v) is 2.42. The maximum atomic E-state index is 10.6. The van der Waals surface area contributed by atoms with Crippen LogP contribution in [0.2, 0.25) is 0 Å². The highest BCUT2D eigenvalue weighted by Crippen LogP contribution is 2.15. The maximum absolute atomic E-state index is 10.6. The summed E-state index contributed by atoms with van der Waals surface area (Å²) in [6.45, 7) is 0.705. The molecular weight excluding hydrogens is 246 g/mol. The first-order valence-electron chi connectivity index (χ1n) is 4.55. The molecule has 2 rings (SSSR count). The number of anilines is 1. The molecule has 0 aliphatic carbocycles. The molecule has 0 unspecified atom stereocenters. The summed E-state index contributed by atoms with van der Waals surface area (Å²) >= 11 is 2.86. The minimum absolute atomic E-state index is 0.0844. The Morgan fingerprint density at radius 1 is 1.50 bits per heavy atom. The van der Waals surface area contributed by atoms with Gasteiger partial charge in [0.1, 0.15) is 0 Å². The number of rotatable bonds is 5.